The Morgan fingerprint density at radius 3 is 2.81 bits per heavy atom. The van der Waals surface area contributed by atoms with Crippen molar-refractivity contribution in [2.45, 2.75) is 45.7 Å². The molecule has 0 saturated heterocycles. The summed E-state index contributed by atoms with van der Waals surface area (Å²) in [6.45, 7) is 4.28. The van der Waals surface area contributed by atoms with Gasteiger partial charge in [-0.2, -0.15) is 0 Å². The second-order valence-electron chi connectivity index (χ2n) is 5.93. The maximum atomic E-state index is 12.1. The van der Waals surface area contributed by atoms with Crippen LogP contribution in [0.15, 0.2) is 20.3 Å². The lowest BCUT2D eigenvalue weighted by Crippen LogP contribution is -2.45. The lowest BCUT2D eigenvalue weighted by Gasteiger charge is -2.33. The van der Waals surface area contributed by atoms with E-state index in [1.165, 1.54) is 10.8 Å². The molecule has 1 heterocycles. The van der Waals surface area contributed by atoms with Crippen LogP contribution in [-0.4, -0.2) is 21.5 Å². The summed E-state index contributed by atoms with van der Waals surface area (Å²) in [5.74, 6) is 0.935. The van der Waals surface area contributed by atoms with Gasteiger partial charge in [-0.25, -0.2) is 4.79 Å². The monoisotopic (exact) mass is 357 g/mol. The van der Waals surface area contributed by atoms with E-state index in [0.717, 1.165) is 19.3 Å². The second-order valence-corrected chi connectivity index (χ2v) is 6.79. The molecule has 0 aliphatic heterocycles. The molecular formula is C14H20BrN3O3. The SMILES string of the molecule is CC1CCC(NC(=O)Cn2cc(Br)c(=O)[nH]c2=O)C(C)C1. The van der Waals surface area contributed by atoms with Crippen LogP contribution >= 0.6 is 15.9 Å². The van der Waals surface area contributed by atoms with Gasteiger partial charge in [-0.1, -0.05) is 13.8 Å². The van der Waals surface area contributed by atoms with Gasteiger partial charge < -0.3 is 5.32 Å². The number of rotatable bonds is 3. The first-order valence-electron chi connectivity index (χ1n) is 7.15. The van der Waals surface area contributed by atoms with E-state index < -0.39 is 11.2 Å². The first-order chi connectivity index (χ1) is 9.86. The molecule has 0 spiro atoms. The molecule has 1 aliphatic carbocycles. The first kappa shape index (κ1) is 16.0. The van der Waals surface area contributed by atoms with E-state index in [2.05, 4.69) is 40.1 Å². The quantitative estimate of drug-likeness (QED) is 0.853. The minimum atomic E-state index is -0.580. The molecule has 1 saturated carbocycles. The maximum absolute atomic E-state index is 12.1. The van der Waals surface area contributed by atoms with Gasteiger partial charge in [0.2, 0.25) is 5.91 Å². The lowest BCUT2D eigenvalue weighted by atomic mass is 9.80. The van der Waals surface area contributed by atoms with Gasteiger partial charge in [0.25, 0.3) is 5.56 Å². The summed E-state index contributed by atoms with van der Waals surface area (Å²) < 4.78 is 1.42. The fourth-order valence-corrected chi connectivity index (χ4v) is 3.23. The number of carbonyl (C=O) groups excluding carboxylic acids is 1. The van der Waals surface area contributed by atoms with Crippen molar-refractivity contribution in [1.29, 1.82) is 0 Å². The molecule has 1 amide bonds. The van der Waals surface area contributed by atoms with Crippen LogP contribution in [0.5, 0.6) is 0 Å². The molecular weight excluding hydrogens is 338 g/mol. The summed E-state index contributed by atoms with van der Waals surface area (Å²) >= 11 is 3.05. The van der Waals surface area contributed by atoms with E-state index in [4.69, 9.17) is 0 Å². The molecule has 1 aromatic heterocycles. The normalized spacial score (nSPS) is 25.6. The minimum Gasteiger partial charge on any atom is -0.352 e. The third kappa shape index (κ3) is 4.06. The highest BCUT2D eigenvalue weighted by molar-refractivity contribution is 9.10. The minimum absolute atomic E-state index is 0.0903. The van der Waals surface area contributed by atoms with Gasteiger partial charge in [-0.3, -0.25) is 19.1 Å². The van der Waals surface area contributed by atoms with Crippen molar-refractivity contribution in [3.63, 3.8) is 0 Å². The summed E-state index contributed by atoms with van der Waals surface area (Å²) in [7, 11) is 0. The number of nitrogens with one attached hydrogen (secondary N) is 2. The molecule has 6 nitrogen and oxygen atoms in total. The zero-order chi connectivity index (χ0) is 15.6. The van der Waals surface area contributed by atoms with Crippen LogP contribution in [0.25, 0.3) is 0 Å². The molecule has 116 valence electrons. The van der Waals surface area contributed by atoms with E-state index in [-0.39, 0.29) is 23.0 Å². The van der Waals surface area contributed by atoms with E-state index in [1.54, 1.807) is 0 Å². The lowest BCUT2D eigenvalue weighted by molar-refractivity contribution is -0.123. The number of nitrogens with zero attached hydrogens (tertiary/aromatic N) is 1. The van der Waals surface area contributed by atoms with Gasteiger partial charge in [0, 0.05) is 12.2 Å². The van der Waals surface area contributed by atoms with Crippen molar-refractivity contribution >= 4 is 21.8 Å². The van der Waals surface area contributed by atoms with Crippen molar-refractivity contribution in [2.75, 3.05) is 0 Å². The molecule has 1 aliphatic rings. The first-order valence-corrected chi connectivity index (χ1v) is 7.94. The van der Waals surface area contributed by atoms with Crippen LogP contribution in [0, 0.1) is 11.8 Å². The highest BCUT2D eigenvalue weighted by Gasteiger charge is 2.26. The topological polar surface area (TPSA) is 84.0 Å². The number of amides is 1. The Hall–Kier alpha value is -1.37. The Morgan fingerprint density at radius 1 is 1.43 bits per heavy atom. The Morgan fingerprint density at radius 2 is 2.14 bits per heavy atom. The molecule has 3 atom stereocenters. The highest BCUT2D eigenvalue weighted by Crippen LogP contribution is 2.28. The molecule has 3 unspecified atom stereocenters. The fraction of sp³-hybridized carbons (Fsp3) is 0.643. The Balaban J connectivity index is 2.01. The van der Waals surface area contributed by atoms with Crippen molar-refractivity contribution < 1.29 is 4.79 Å². The van der Waals surface area contributed by atoms with Gasteiger partial charge in [-0.05, 0) is 47.0 Å². The number of carbonyl (C=O) groups is 1. The third-order valence-electron chi connectivity index (χ3n) is 4.06. The largest absolute Gasteiger partial charge is 0.352 e. The zero-order valence-electron chi connectivity index (χ0n) is 12.2. The van der Waals surface area contributed by atoms with Crippen LogP contribution in [0.4, 0.5) is 0 Å². The van der Waals surface area contributed by atoms with Gasteiger partial charge in [0.05, 0.1) is 4.47 Å². The molecule has 1 fully saturated rings. The Kier molecular flexibility index (Phi) is 5.03. The smallest absolute Gasteiger partial charge is 0.328 e. The predicted octanol–water partition coefficient (Wildman–Crippen LogP) is 1.24. The standard InChI is InChI=1S/C14H20BrN3O3/c1-8-3-4-11(9(2)5-8)16-12(19)7-18-6-10(15)13(20)17-14(18)21/h6,8-9,11H,3-5,7H2,1-2H3,(H,16,19)(H,17,20,21). The van der Waals surface area contributed by atoms with E-state index in [9.17, 15) is 14.4 Å². The van der Waals surface area contributed by atoms with Gasteiger partial charge in [0.1, 0.15) is 6.54 Å². The summed E-state index contributed by atoms with van der Waals surface area (Å²) in [5.41, 5.74) is -1.07. The third-order valence-corrected chi connectivity index (χ3v) is 4.62. The fourth-order valence-electron chi connectivity index (χ4n) is 2.89. The maximum Gasteiger partial charge on any atom is 0.328 e. The number of halogens is 1. The van der Waals surface area contributed by atoms with E-state index in [0.29, 0.717) is 11.8 Å². The number of aromatic amines is 1. The van der Waals surface area contributed by atoms with Gasteiger partial charge in [-0.15, -0.1) is 0 Å². The molecule has 2 N–H and O–H groups in total. The summed E-state index contributed by atoms with van der Waals surface area (Å²) in [5, 5.41) is 2.99. The van der Waals surface area contributed by atoms with Crippen molar-refractivity contribution in [3.05, 3.63) is 31.5 Å². The van der Waals surface area contributed by atoms with Crippen LogP contribution in [0.3, 0.4) is 0 Å². The van der Waals surface area contributed by atoms with Crippen LogP contribution in [0.2, 0.25) is 0 Å². The van der Waals surface area contributed by atoms with Gasteiger partial charge >= 0.3 is 5.69 Å². The molecule has 2 rings (SSSR count). The molecule has 0 radical (unpaired) electrons. The number of hydrogen-bond donors (Lipinski definition) is 2. The average Bonchev–Trinajstić information content (AvgIpc) is 2.39. The van der Waals surface area contributed by atoms with Gasteiger partial charge in [0.15, 0.2) is 0 Å². The zero-order valence-corrected chi connectivity index (χ0v) is 13.8. The summed E-state index contributed by atoms with van der Waals surface area (Å²) in [6, 6.07) is 0.163. The average molecular weight is 358 g/mol. The van der Waals surface area contributed by atoms with E-state index >= 15 is 0 Å². The Bertz CT molecular complexity index is 637. The number of H-pyrrole nitrogens is 1. The number of hydrogen-bond acceptors (Lipinski definition) is 3. The van der Waals surface area contributed by atoms with E-state index in [1.807, 2.05) is 0 Å². The van der Waals surface area contributed by atoms with Crippen molar-refractivity contribution in [3.8, 4) is 0 Å². The molecule has 1 aromatic rings. The van der Waals surface area contributed by atoms with Crippen LogP contribution < -0.4 is 16.6 Å². The predicted molar refractivity (Wildman–Crippen MR) is 83.1 cm³/mol. The highest BCUT2D eigenvalue weighted by atomic mass is 79.9. The Labute approximate surface area is 131 Å². The molecule has 21 heavy (non-hydrogen) atoms. The second kappa shape index (κ2) is 6.60. The molecule has 0 aromatic carbocycles. The van der Waals surface area contributed by atoms with Crippen molar-refractivity contribution in [1.82, 2.24) is 14.9 Å². The summed E-state index contributed by atoms with van der Waals surface area (Å²) in [6.07, 6.45) is 4.53. The van der Waals surface area contributed by atoms with Crippen LogP contribution in [0.1, 0.15) is 33.1 Å². The van der Waals surface area contributed by atoms with Crippen LogP contribution in [-0.2, 0) is 11.3 Å². The number of aromatic nitrogens is 2. The molecule has 0 bridgehead atoms. The molecule has 7 heteroatoms. The summed E-state index contributed by atoms with van der Waals surface area (Å²) in [4.78, 5) is 37.1. The van der Waals surface area contributed by atoms with Crippen molar-refractivity contribution in [2.24, 2.45) is 11.8 Å².